The maximum absolute atomic E-state index is 6.07. The Kier molecular flexibility index (Phi) is 5.78. The van der Waals surface area contributed by atoms with Gasteiger partial charge in [-0.05, 0) is 64.3 Å². The fourth-order valence-electron chi connectivity index (χ4n) is 4.19. The zero-order valence-corrected chi connectivity index (χ0v) is 16.9. The minimum absolute atomic E-state index is 0.461. The van der Waals surface area contributed by atoms with Crippen molar-refractivity contribution in [3.05, 3.63) is 119 Å². The van der Waals surface area contributed by atoms with Crippen molar-refractivity contribution in [2.75, 3.05) is 0 Å². The second-order valence-corrected chi connectivity index (χ2v) is 8.10. The molecule has 0 heterocycles. The molecule has 140 valence electrons. The predicted molar refractivity (Wildman–Crippen MR) is 121 cm³/mol. The van der Waals surface area contributed by atoms with Crippen LogP contribution in [0.15, 0.2) is 97.1 Å². The molecule has 0 aromatic heterocycles. The summed E-state index contributed by atoms with van der Waals surface area (Å²) in [6.07, 6.45) is 2.08. The summed E-state index contributed by atoms with van der Waals surface area (Å²) < 4.78 is 0. The Bertz CT molecular complexity index is 1030. The fraction of sp³-hybridized carbons (Fsp3) is 0.185. The highest BCUT2D eigenvalue weighted by atomic mass is 35.5. The molecule has 0 saturated heterocycles. The SMILES string of the molecule is CC(Cc1ccc(Cl)cc1)C(Cc1cccc2ccccc12)c1ccccc1. The molecule has 0 saturated carbocycles. The molecule has 4 aromatic rings. The minimum atomic E-state index is 0.461. The quantitative estimate of drug-likeness (QED) is 0.319. The molecule has 0 fully saturated rings. The highest BCUT2D eigenvalue weighted by Crippen LogP contribution is 2.33. The van der Waals surface area contributed by atoms with Crippen LogP contribution < -0.4 is 0 Å². The summed E-state index contributed by atoms with van der Waals surface area (Å²) in [6.45, 7) is 2.37. The molecule has 0 amide bonds. The summed E-state index contributed by atoms with van der Waals surface area (Å²) in [5, 5.41) is 3.48. The van der Waals surface area contributed by atoms with Gasteiger partial charge in [0.15, 0.2) is 0 Å². The number of rotatable bonds is 6. The standard InChI is InChI=1S/C27H25Cl/c1-20(18-21-14-16-25(28)17-15-21)27(23-8-3-2-4-9-23)19-24-12-7-11-22-10-5-6-13-26(22)24/h2-17,20,27H,18-19H2,1H3. The molecule has 0 N–H and O–H groups in total. The van der Waals surface area contributed by atoms with Crippen LogP contribution in [0.2, 0.25) is 5.02 Å². The lowest BCUT2D eigenvalue weighted by molar-refractivity contribution is 0.454. The van der Waals surface area contributed by atoms with Gasteiger partial charge in [-0.25, -0.2) is 0 Å². The molecule has 4 aromatic carbocycles. The lowest BCUT2D eigenvalue weighted by atomic mass is 9.79. The van der Waals surface area contributed by atoms with Gasteiger partial charge in [-0.15, -0.1) is 0 Å². The molecule has 0 spiro atoms. The number of fused-ring (bicyclic) bond motifs is 1. The third-order valence-electron chi connectivity index (χ3n) is 5.71. The molecule has 2 atom stereocenters. The van der Waals surface area contributed by atoms with Crippen molar-refractivity contribution >= 4 is 22.4 Å². The van der Waals surface area contributed by atoms with Gasteiger partial charge in [0.05, 0.1) is 0 Å². The van der Waals surface area contributed by atoms with Gasteiger partial charge in [0.25, 0.3) is 0 Å². The summed E-state index contributed by atoms with van der Waals surface area (Å²) >= 11 is 6.07. The van der Waals surface area contributed by atoms with Crippen molar-refractivity contribution < 1.29 is 0 Å². The Balaban J connectivity index is 1.66. The van der Waals surface area contributed by atoms with Gasteiger partial charge in [-0.2, -0.15) is 0 Å². The summed E-state index contributed by atoms with van der Waals surface area (Å²) in [7, 11) is 0. The van der Waals surface area contributed by atoms with Gasteiger partial charge in [-0.3, -0.25) is 0 Å². The van der Waals surface area contributed by atoms with Crippen LogP contribution in [0.3, 0.4) is 0 Å². The van der Waals surface area contributed by atoms with Crippen LogP contribution in [0.5, 0.6) is 0 Å². The molecule has 0 aliphatic heterocycles. The van der Waals surface area contributed by atoms with E-state index in [1.165, 1.54) is 27.5 Å². The van der Waals surface area contributed by atoms with E-state index in [1.807, 2.05) is 12.1 Å². The van der Waals surface area contributed by atoms with Crippen LogP contribution in [0, 0.1) is 5.92 Å². The Hall–Kier alpha value is -2.57. The van der Waals surface area contributed by atoms with Crippen LogP contribution in [0.4, 0.5) is 0 Å². The van der Waals surface area contributed by atoms with Gasteiger partial charge in [0, 0.05) is 5.02 Å². The van der Waals surface area contributed by atoms with Crippen molar-refractivity contribution in [1.29, 1.82) is 0 Å². The van der Waals surface area contributed by atoms with E-state index in [2.05, 4.69) is 91.9 Å². The Morgan fingerprint density at radius 2 is 1.36 bits per heavy atom. The largest absolute Gasteiger partial charge is 0.0843 e. The fourth-order valence-corrected chi connectivity index (χ4v) is 4.32. The second kappa shape index (κ2) is 8.63. The maximum atomic E-state index is 6.07. The molecule has 0 nitrogen and oxygen atoms in total. The van der Waals surface area contributed by atoms with Gasteiger partial charge in [0.1, 0.15) is 0 Å². The molecule has 1 heteroatoms. The van der Waals surface area contributed by atoms with Crippen molar-refractivity contribution in [3.8, 4) is 0 Å². The van der Waals surface area contributed by atoms with Crippen LogP contribution in [-0.2, 0) is 12.8 Å². The van der Waals surface area contributed by atoms with Gasteiger partial charge >= 0.3 is 0 Å². The van der Waals surface area contributed by atoms with Crippen molar-refractivity contribution in [2.45, 2.75) is 25.7 Å². The summed E-state index contributed by atoms with van der Waals surface area (Å²) in [5.41, 5.74) is 4.18. The molecular formula is C27H25Cl. The van der Waals surface area contributed by atoms with Gasteiger partial charge in [-0.1, -0.05) is 103 Å². The average molecular weight is 385 g/mol. The first-order valence-electron chi connectivity index (χ1n) is 9.97. The van der Waals surface area contributed by atoms with Crippen LogP contribution in [0.1, 0.15) is 29.5 Å². The summed E-state index contributed by atoms with van der Waals surface area (Å²) in [5.74, 6) is 0.977. The molecular weight excluding hydrogens is 360 g/mol. The van der Waals surface area contributed by atoms with Crippen LogP contribution in [0.25, 0.3) is 10.8 Å². The first kappa shape index (κ1) is 18.8. The summed E-state index contributed by atoms with van der Waals surface area (Å²) in [6, 6.07) is 34.6. The van der Waals surface area contributed by atoms with E-state index in [4.69, 9.17) is 11.6 Å². The third-order valence-corrected chi connectivity index (χ3v) is 5.96. The number of hydrogen-bond acceptors (Lipinski definition) is 0. The molecule has 0 bridgehead atoms. The molecule has 2 unspecified atom stereocenters. The van der Waals surface area contributed by atoms with Crippen LogP contribution in [-0.4, -0.2) is 0 Å². The van der Waals surface area contributed by atoms with Gasteiger partial charge in [0.2, 0.25) is 0 Å². The second-order valence-electron chi connectivity index (χ2n) is 7.67. The third kappa shape index (κ3) is 4.29. The topological polar surface area (TPSA) is 0 Å². The number of benzene rings is 4. The van der Waals surface area contributed by atoms with E-state index in [-0.39, 0.29) is 0 Å². The lowest BCUT2D eigenvalue weighted by Crippen LogP contribution is -2.15. The van der Waals surface area contributed by atoms with E-state index in [1.54, 1.807) is 0 Å². The molecule has 4 rings (SSSR count). The average Bonchev–Trinajstić information content (AvgIpc) is 2.74. The highest BCUT2D eigenvalue weighted by Gasteiger charge is 2.21. The van der Waals surface area contributed by atoms with Crippen LogP contribution >= 0.6 is 11.6 Å². The van der Waals surface area contributed by atoms with E-state index < -0.39 is 0 Å². The van der Waals surface area contributed by atoms with E-state index >= 15 is 0 Å². The molecule has 0 radical (unpaired) electrons. The Morgan fingerprint density at radius 3 is 2.14 bits per heavy atom. The molecule has 0 aliphatic carbocycles. The Morgan fingerprint density at radius 1 is 0.679 bits per heavy atom. The smallest absolute Gasteiger partial charge is 0.0406 e. The number of halogens is 1. The first-order chi connectivity index (χ1) is 13.7. The molecule has 0 aliphatic rings. The highest BCUT2D eigenvalue weighted by molar-refractivity contribution is 6.30. The molecule has 28 heavy (non-hydrogen) atoms. The van der Waals surface area contributed by atoms with E-state index in [9.17, 15) is 0 Å². The minimum Gasteiger partial charge on any atom is -0.0843 e. The summed E-state index contributed by atoms with van der Waals surface area (Å²) in [4.78, 5) is 0. The monoisotopic (exact) mass is 384 g/mol. The first-order valence-corrected chi connectivity index (χ1v) is 10.3. The maximum Gasteiger partial charge on any atom is 0.0406 e. The Labute approximate surface area is 172 Å². The van der Waals surface area contributed by atoms with Crippen molar-refractivity contribution in [1.82, 2.24) is 0 Å². The predicted octanol–water partition coefficient (Wildman–Crippen LogP) is 7.70. The van der Waals surface area contributed by atoms with E-state index in [0.717, 1.165) is 17.9 Å². The zero-order chi connectivity index (χ0) is 19.3. The zero-order valence-electron chi connectivity index (χ0n) is 16.2. The van der Waals surface area contributed by atoms with E-state index in [0.29, 0.717) is 11.8 Å². The lowest BCUT2D eigenvalue weighted by Gasteiger charge is -2.26. The number of hydrogen-bond donors (Lipinski definition) is 0. The van der Waals surface area contributed by atoms with Crippen molar-refractivity contribution in [2.24, 2.45) is 5.92 Å². The van der Waals surface area contributed by atoms with Gasteiger partial charge < -0.3 is 0 Å². The van der Waals surface area contributed by atoms with Crippen molar-refractivity contribution in [3.63, 3.8) is 0 Å². The normalized spacial score (nSPS) is 13.4.